The lowest BCUT2D eigenvalue weighted by atomic mass is 10.0. The molecule has 6 atom stereocenters. The Morgan fingerprint density at radius 1 is 1.02 bits per heavy atom. The van der Waals surface area contributed by atoms with E-state index in [1.54, 1.807) is 25.7 Å². The molecular weight excluding hydrogens is 642 g/mol. The van der Waals surface area contributed by atoms with Crippen molar-refractivity contribution >= 4 is 35.7 Å². The molecular formula is C37H51N5O8. The lowest BCUT2D eigenvalue weighted by Crippen LogP contribution is -2.59. The fraction of sp³-hybridized carbons (Fsp3) is 0.622. The highest BCUT2D eigenvalue weighted by Crippen LogP contribution is 2.47. The molecule has 1 aliphatic carbocycles. The summed E-state index contributed by atoms with van der Waals surface area (Å²) in [6.45, 7) is 7.14. The largest absolute Gasteiger partial charge is 0.461 e. The van der Waals surface area contributed by atoms with E-state index < -0.39 is 59.2 Å². The molecule has 3 heterocycles. The van der Waals surface area contributed by atoms with Crippen molar-refractivity contribution in [3.05, 3.63) is 48.0 Å². The van der Waals surface area contributed by atoms with Gasteiger partial charge >= 0.3 is 12.1 Å². The molecule has 1 aromatic carbocycles. The third-order valence-electron chi connectivity index (χ3n) is 9.77. The van der Waals surface area contributed by atoms with Crippen molar-refractivity contribution in [2.75, 3.05) is 13.1 Å². The molecule has 0 aromatic heterocycles. The molecule has 5 rings (SSSR count). The molecule has 0 bridgehead atoms. The zero-order valence-corrected chi connectivity index (χ0v) is 29.6. The molecule has 4 aliphatic rings. The number of carbonyl (C=O) groups excluding carboxylic acids is 6. The van der Waals surface area contributed by atoms with Gasteiger partial charge in [-0.05, 0) is 64.9 Å². The quantitative estimate of drug-likeness (QED) is 0.302. The van der Waals surface area contributed by atoms with Gasteiger partial charge < -0.3 is 35.2 Å². The van der Waals surface area contributed by atoms with E-state index in [4.69, 9.17) is 9.47 Å². The fourth-order valence-corrected chi connectivity index (χ4v) is 7.27. The number of alkyl carbamates (subject to hydrolysis) is 1. The average Bonchev–Trinajstić information content (AvgIpc) is 3.35. The van der Waals surface area contributed by atoms with Crippen LogP contribution in [0.25, 0.3) is 0 Å². The van der Waals surface area contributed by atoms with Crippen LogP contribution in [0.4, 0.5) is 4.79 Å². The second kappa shape index (κ2) is 15.6. The summed E-state index contributed by atoms with van der Waals surface area (Å²) in [5, 5.41) is 8.70. The van der Waals surface area contributed by atoms with Gasteiger partial charge in [-0.15, -0.1) is 0 Å². The van der Waals surface area contributed by atoms with Crippen LogP contribution < -0.4 is 16.0 Å². The Bertz CT molecular complexity index is 1480. The normalized spacial score (nSPS) is 29.3. The van der Waals surface area contributed by atoms with Gasteiger partial charge in [0.25, 0.3) is 0 Å². The summed E-state index contributed by atoms with van der Waals surface area (Å²) in [6, 6.07) is 6.84. The van der Waals surface area contributed by atoms with E-state index in [0.29, 0.717) is 45.2 Å². The fourth-order valence-electron chi connectivity index (χ4n) is 7.27. The maximum atomic E-state index is 14.4. The van der Waals surface area contributed by atoms with E-state index in [1.807, 2.05) is 42.5 Å². The molecule has 3 N–H and O–H groups in total. The Kier molecular flexibility index (Phi) is 11.5. The minimum absolute atomic E-state index is 0.0370. The molecule has 5 amide bonds. The van der Waals surface area contributed by atoms with E-state index in [2.05, 4.69) is 16.0 Å². The molecule has 2 saturated heterocycles. The standard InChI is InChI=1S/C37H51N5O8/c1-24(43)49-27-20-30-32(45)40-37(34(47)41-19-13-18-29(41)31(44)38-22-25-14-9-8-10-15-25)21-26(37)16-11-6-5-7-12-17-28(33(46)42(30)23-27)39-35(48)50-36(2,3)4/h8-11,14-16,26-30H,5-7,12-13,17-23H2,1-4H3,(H,38,44)(H,39,48)(H,40,45)/b16-11-/t26-,27-,28+,29+,30+,37-/m1/s1. The maximum Gasteiger partial charge on any atom is 0.408 e. The van der Waals surface area contributed by atoms with Gasteiger partial charge in [0.2, 0.25) is 23.6 Å². The van der Waals surface area contributed by atoms with Crippen LogP contribution in [-0.4, -0.2) is 94.0 Å². The Hall–Kier alpha value is -4.42. The molecule has 3 fully saturated rings. The number of hydrogen-bond donors (Lipinski definition) is 3. The molecule has 13 heteroatoms. The summed E-state index contributed by atoms with van der Waals surface area (Å²) < 4.78 is 10.9. The number of rotatable bonds is 6. The van der Waals surface area contributed by atoms with Gasteiger partial charge in [0.05, 0.1) is 6.54 Å². The Labute approximate surface area is 293 Å². The highest BCUT2D eigenvalue weighted by Gasteiger charge is 2.63. The number of carbonyl (C=O) groups is 6. The topological polar surface area (TPSA) is 163 Å². The first kappa shape index (κ1) is 36.9. The van der Waals surface area contributed by atoms with Crippen molar-refractivity contribution in [3.63, 3.8) is 0 Å². The van der Waals surface area contributed by atoms with Gasteiger partial charge in [-0.2, -0.15) is 0 Å². The predicted octanol–water partition coefficient (Wildman–Crippen LogP) is 3.11. The van der Waals surface area contributed by atoms with E-state index in [0.717, 1.165) is 24.8 Å². The van der Waals surface area contributed by atoms with Crippen molar-refractivity contribution in [2.45, 2.75) is 127 Å². The zero-order valence-electron chi connectivity index (χ0n) is 29.6. The average molecular weight is 694 g/mol. The van der Waals surface area contributed by atoms with E-state index in [9.17, 15) is 28.8 Å². The first-order valence-electron chi connectivity index (χ1n) is 17.9. The molecule has 1 aromatic rings. The first-order chi connectivity index (χ1) is 23.8. The monoisotopic (exact) mass is 693 g/mol. The Morgan fingerprint density at radius 3 is 2.50 bits per heavy atom. The van der Waals surface area contributed by atoms with E-state index in [-0.39, 0.29) is 30.7 Å². The van der Waals surface area contributed by atoms with Gasteiger partial charge in [-0.25, -0.2) is 4.79 Å². The van der Waals surface area contributed by atoms with Gasteiger partial charge in [0, 0.05) is 32.4 Å². The zero-order chi connectivity index (χ0) is 36.1. The first-order valence-corrected chi connectivity index (χ1v) is 17.9. The summed E-state index contributed by atoms with van der Waals surface area (Å²) in [5.74, 6) is -2.42. The highest BCUT2D eigenvalue weighted by molar-refractivity contribution is 6.00. The number of nitrogens with one attached hydrogen (secondary N) is 3. The number of likely N-dealkylation sites (tertiary alicyclic amines) is 1. The second-order valence-electron chi connectivity index (χ2n) is 14.9. The van der Waals surface area contributed by atoms with Gasteiger partial charge in [0.1, 0.15) is 35.4 Å². The summed E-state index contributed by atoms with van der Waals surface area (Å²) >= 11 is 0. The number of esters is 1. The number of hydrogen-bond acceptors (Lipinski definition) is 8. The summed E-state index contributed by atoms with van der Waals surface area (Å²) in [5.41, 5.74) is -1.12. The molecule has 272 valence electrons. The number of allylic oxidation sites excluding steroid dienone is 1. The number of ether oxygens (including phenoxy) is 2. The Balaban J connectivity index is 1.38. The van der Waals surface area contributed by atoms with Crippen LogP contribution in [0.5, 0.6) is 0 Å². The van der Waals surface area contributed by atoms with Gasteiger partial charge in [0.15, 0.2) is 0 Å². The smallest absolute Gasteiger partial charge is 0.408 e. The maximum absolute atomic E-state index is 14.4. The Morgan fingerprint density at radius 2 is 1.78 bits per heavy atom. The molecule has 13 nitrogen and oxygen atoms in total. The highest BCUT2D eigenvalue weighted by atomic mass is 16.6. The molecule has 0 radical (unpaired) electrons. The van der Waals surface area contributed by atoms with Crippen LogP contribution >= 0.6 is 0 Å². The van der Waals surface area contributed by atoms with Crippen molar-refractivity contribution < 1.29 is 38.2 Å². The van der Waals surface area contributed by atoms with Crippen LogP contribution in [0.1, 0.15) is 91.0 Å². The molecule has 0 unspecified atom stereocenters. The minimum atomic E-state index is -1.28. The number of fused-ring (bicyclic) bond motifs is 2. The van der Waals surface area contributed by atoms with Crippen LogP contribution in [0.15, 0.2) is 42.5 Å². The predicted molar refractivity (Wildman–Crippen MR) is 183 cm³/mol. The van der Waals surface area contributed by atoms with Crippen molar-refractivity contribution in [3.8, 4) is 0 Å². The minimum Gasteiger partial charge on any atom is -0.461 e. The summed E-state index contributed by atoms with van der Waals surface area (Å²) in [4.78, 5) is 83.8. The molecule has 1 saturated carbocycles. The van der Waals surface area contributed by atoms with Gasteiger partial charge in [-0.3, -0.25) is 24.0 Å². The lowest BCUT2D eigenvalue weighted by molar-refractivity contribution is -0.147. The van der Waals surface area contributed by atoms with Crippen LogP contribution in [0.2, 0.25) is 0 Å². The number of amides is 5. The van der Waals surface area contributed by atoms with Crippen LogP contribution in [0, 0.1) is 5.92 Å². The molecule has 3 aliphatic heterocycles. The van der Waals surface area contributed by atoms with Crippen LogP contribution in [0.3, 0.4) is 0 Å². The van der Waals surface area contributed by atoms with Crippen LogP contribution in [-0.2, 0) is 40.0 Å². The van der Waals surface area contributed by atoms with Crippen molar-refractivity contribution in [2.24, 2.45) is 5.92 Å². The van der Waals surface area contributed by atoms with E-state index >= 15 is 0 Å². The van der Waals surface area contributed by atoms with Gasteiger partial charge in [-0.1, -0.05) is 55.3 Å². The number of benzene rings is 1. The second-order valence-corrected chi connectivity index (χ2v) is 14.9. The summed E-state index contributed by atoms with van der Waals surface area (Å²) in [7, 11) is 0. The van der Waals surface area contributed by atoms with E-state index in [1.165, 1.54) is 11.8 Å². The van der Waals surface area contributed by atoms with Crippen molar-refractivity contribution in [1.29, 1.82) is 0 Å². The molecule has 0 spiro atoms. The summed E-state index contributed by atoms with van der Waals surface area (Å²) in [6.07, 6.45) is 7.44. The number of nitrogens with zero attached hydrogens (tertiary/aromatic N) is 2. The third kappa shape index (κ3) is 9.02. The van der Waals surface area contributed by atoms with Crippen molar-refractivity contribution in [1.82, 2.24) is 25.8 Å². The third-order valence-corrected chi connectivity index (χ3v) is 9.77. The SMILES string of the molecule is CC(=O)O[C@@H]1C[C@H]2C(=O)N[C@]3(C(=O)N4CCC[C@H]4C(=O)NCc4ccccc4)C[C@H]3/C=C\CCCCC[C@H](NC(=O)OC(C)(C)C)C(=O)N2C1. The molecule has 50 heavy (non-hydrogen) atoms. The lowest BCUT2D eigenvalue weighted by Gasteiger charge is -2.32.